The van der Waals surface area contributed by atoms with Gasteiger partial charge in [0.15, 0.2) is 6.10 Å². The molecule has 0 saturated carbocycles. The molecule has 0 spiro atoms. The SMILES string of the molecule is CC(C)CCCCCCCCCCCCCCCCCC(=O)OC[C@H](COC(=O)CCCCCCCCCCCCCC(C)C)OC(=O)CCCCCCCCCCC(C)C. The van der Waals surface area contributed by atoms with Crippen LogP contribution in [0, 0.1) is 17.8 Å². The number of esters is 3. The summed E-state index contributed by atoms with van der Waals surface area (Å²) in [5.74, 6) is 1.62. The predicted octanol–water partition coefficient (Wildman–Crippen LogP) is 17.6. The Hall–Kier alpha value is -1.59. The first-order chi connectivity index (χ1) is 29.6. The van der Waals surface area contributed by atoms with E-state index in [-0.39, 0.29) is 31.1 Å². The molecule has 0 aliphatic rings. The van der Waals surface area contributed by atoms with E-state index in [0.29, 0.717) is 19.3 Å². The lowest BCUT2D eigenvalue weighted by molar-refractivity contribution is -0.167. The fourth-order valence-electron chi connectivity index (χ4n) is 8.29. The summed E-state index contributed by atoms with van der Waals surface area (Å²) < 4.78 is 16.8. The molecular weight excluding hydrogens is 757 g/mol. The van der Waals surface area contributed by atoms with Crippen LogP contribution in [0.15, 0.2) is 0 Å². The number of carbonyl (C=O) groups is 3. The lowest BCUT2D eigenvalue weighted by atomic mass is 10.0. The molecule has 0 bridgehead atoms. The van der Waals surface area contributed by atoms with Crippen LogP contribution in [0.5, 0.6) is 0 Å². The number of hydrogen-bond donors (Lipinski definition) is 0. The maximum absolute atomic E-state index is 12.8. The molecular formula is C55H106O6. The Kier molecular flexibility index (Phi) is 45.2. The van der Waals surface area contributed by atoms with Crippen LogP contribution in [-0.4, -0.2) is 37.2 Å². The standard InChI is InChI=1S/C55H106O6/c1-49(2)41-35-29-23-17-13-10-8-7-9-11-15-19-26-32-38-44-53(56)59-47-52(61-55(58)46-40-34-28-22-21-25-31-37-43-51(5)6)48-60-54(57)45-39-33-27-20-16-12-14-18-24-30-36-42-50(3)4/h49-52H,7-48H2,1-6H3/t52-/m1/s1. The van der Waals surface area contributed by atoms with Gasteiger partial charge in [-0.3, -0.25) is 14.4 Å². The Morgan fingerprint density at radius 1 is 0.279 bits per heavy atom. The van der Waals surface area contributed by atoms with Crippen molar-refractivity contribution in [2.75, 3.05) is 13.2 Å². The molecule has 0 aliphatic heterocycles. The molecule has 6 heteroatoms. The summed E-state index contributed by atoms with van der Waals surface area (Å²) in [4.78, 5) is 38.0. The zero-order chi connectivity index (χ0) is 44.9. The van der Waals surface area contributed by atoms with E-state index in [4.69, 9.17) is 14.2 Å². The van der Waals surface area contributed by atoms with Gasteiger partial charge in [0, 0.05) is 19.3 Å². The third kappa shape index (κ3) is 49.3. The topological polar surface area (TPSA) is 78.9 Å². The second kappa shape index (κ2) is 46.4. The number of hydrogen-bond acceptors (Lipinski definition) is 6. The van der Waals surface area contributed by atoms with Crippen LogP contribution >= 0.6 is 0 Å². The van der Waals surface area contributed by atoms with Crippen molar-refractivity contribution in [2.24, 2.45) is 17.8 Å². The molecule has 1 atom stereocenters. The summed E-state index contributed by atoms with van der Waals surface area (Å²) in [5.41, 5.74) is 0. The lowest BCUT2D eigenvalue weighted by Crippen LogP contribution is -2.30. The Morgan fingerprint density at radius 2 is 0.475 bits per heavy atom. The molecule has 0 amide bonds. The fraction of sp³-hybridized carbons (Fsp3) is 0.945. The van der Waals surface area contributed by atoms with Crippen LogP contribution in [0.25, 0.3) is 0 Å². The van der Waals surface area contributed by atoms with Crippen LogP contribution < -0.4 is 0 Å². The van der Waals surface area contributed by atoms with Crippen molar-refractivity contribution in [1.29, 1.82) is 0 Å². The first-order valence-electron chi connectivity index (χ1n) is 27.1. The van der Waals surface area contributed by atoms with Crippen LogP contribution in [0.3, 0.4) is 0 Å². The van der Waals surface area contributed by atoms with Gasteiger partial charge in [-0.05, 0) is 37.0 Å². The second-order valence-electron chi connectivity index (χ2n) is 20.3. The Bertz CT molecular complexity index is 945. The summed E-state index contributed by atoms with van der Waals surface area (Å²) in [7, 11) is 0. The van der Waals surface area contributed by atoms with Gasteiger partial charge in [-0.2, -0.15) is 0 Å². The van der Waals surface area contributed by atoms with Crippen molar-refractivity contribution < 1.29 is 28.6 Å². The van der Waals surface area contributed by atoms with Gasteiger partial charge in [-0.1, -0.05) is 260 Å². The van der Waals surface area contributed by atoms with Gasteiger partial charge in [-0.25, -0.2) is 0 Å². The molecule has 0 aliphatic carbocycles. The van der Waals surface area contributed by atoms with Crippen molar-refractivity contribution in [3.63, 3.8) is 0 Å². The van der Waals surface area contributed by atoms with Gasteiger partial charge < -0.3 is 14.2 Å². The second-order valence-corrected chi connectivity index (χ2v) is 20.3. The van der Waals surface area contributed by atoms with Crippen molar-refractivity contribution in [3.8, 4) is 0 Å². The van der Waals surface area contributed by atoms with Crippen molar-refractivity contribution in [1.82, 2.24) is 0 Å². The van der Waals surface area contributed by atoms with Crippen LogP contribution in [-0.2, 0) is 28.6 Å². The average molecular weight is 863 g/mol. The third-order valence-electron chi connectivity index (χ3n) is 12.4. The predicted molar refractivity (Wildman–Crippen MR) is 261 cm³/mol. The Labute approximate surface area is 380 Å². The largest absolute Gasteiger partial charge is 0.462 e. The molecule has 0 fully saturated rings. The number of rotatable bonds is 48. The Morgan fingerprint density at radius 3 is 0.705 bits per heavy atom. The van der Waals surface area contributed by atoms with Crippen LogP contribution in [0.4, 0.5) is 0 Å². The first kappa shape index (κ1) is 59.4. The van der Waals surface area contributed by atoms with E-state index >= 15 is 0 Å². The van der Waals surface area contributed by atoms with E-state index < -0.39 is 6.10 Å². The molecule has 61 heavy (non-hydrogen) atoms. The normalized spacial score (nSPS) is 12.1. The molecule has 0 aromatic carbocycles. The maximum atomic E-state index is 12.8. The smallest absolute Gasteiger partial charge is 0.306 e. The van der Waals surface area contributed by atoms with E-state index in [0.717, 1.165) is 75.5 Å². The number of ether oxygens (including phenoxy) is 3. The average Bonchev–Trinajstić information content (AvgIpc) is 3.22. The quantitative estimate of drug-likeness (QED) is 0.0344. The molecule has 0 aromatic heterocycles. The molecule has 362 valence electrons. The third-order valence-corrected chi connectivity index (χ3v) is 12.4. The first-order valence-corrected chi connectivity index (χ1v) is 27.1. The summed E-state index contributed by atoms with van der Waals surface area (Å²) >= 11 is 0. The van der Waals surface area contributed by atoms with E-state index in [9.17, 15) is 14.4 Å². The van der Waals surface area contributed by atoms with E-state index in [2.05, 4.69) is 41.5 Å². The van der Waals surface area contributed by atoms with E-state index in [1.807, 2.05) is 0 Å². The molecule has 0 saturated heterocycles. The summed E-state index contributed by atoms with van der Waals surface area (Å²) in [6.45, 7) is 13.7. The lowest BCUT2D eigenvalue weighted by Gasteiger charge is -2.18. The van der Waals surface area contributed by atoms with Crippen LogP contribution in [0.2, 0.25) is 0 Å². The van der Waals surface area contributed by atoms with Gasteiger partial charge in [0.1, 0.15) is 13.2 Å². The number of carbonyl (C=O) groups excluding carboxylic acids is 3. The molecule has 0 rings (SSSR count). The highest BCUT2D eigenvalue weighted by Gasteiger charge is 2.19. The monoisotopic (exact) mass is 863 g/mol. The van der Waals surface area contributed by atoms with Crippen molar-refractivity contribution >= 4 is 17.9 Å². The fourth-order valence-corrected chi connectivity index (χ4v) is 8.29. The minimum atomic E-state index is -0.763. The molecule has 0 heterocycles. The highest BCUT2D eigenvalue weighted by Crippen LogP contribution is 2.18. The van der Waals surface area contributed by atoms with Gasteiger partial charge >= 0.3 is 17.9 Å². The minimum Gasteiger partial charge on any atom is -0.462 e. The Balaban J connectivity index is 4.26. The molecule has 6 nitrogen and oxygen atoms in total. The number of unbranched alkanes of at least 4 members (excludes halogenated alkanes) is 31. The zero-order valence-corrected chi connectivity index (χ0v) is 42.0. The molecule has 0 aromatic rings. The van der Waals surface area contributed by atoms with Gasteiger partial charge in [0.25, 0.3) is 0 Å². The van der Waals surface area contributed by atoms with Crippen LogP contribution in [0.1, 0.15) is 298 Å². The van der Waals surface area contributed by atoms with E-state index in [1.54, 1.807) is 0 Å². The minimum absolute atomic E-state index is 0.0646. The van der Waals surface area contributed by atoms with E-state index in [1.165, 1.54) is 180 Å². The molecule has 0 radical (unpaired) electrons. The summed E-state index contributed by atoms with van der Waals surface area (Å²) in [6.07, 6.45) is 46.7. The zero-order valence-electron chi connectivity index (χ0n) is 42.0. The van der Waals surface area contributed by atoms with Crippen molar-refractivity contribution in [3.05, 3.63) is 0 Å². The highest BCUT2D eigenvalue weighted by molar-refractivity contribution is 5.71. The van der Waals surface area contributed by atoms with Gasteiger partial charge in [-0.15, -0.1) is 0 Å². The highest BCUT2D eigenvalue weighted by atomic mass is 16.6. The summed E-state index contributed by atoms with van der Waals surface area (Å²) in [5, 5.41) is 0. The molecule has 0 N–H and O–H groups in total. The van der Waals surface area contributed by atoms with Gasteiger partial charge in [0.2, 0.25) is 0 Å². The molecule has 0 unspecified atom stereocenters. The summed E-state index contributed by atoms with van der Waals surface area (Å²) in [6, 6.07) is 0. The van der Waals surface area contributed by atoms with Crippen molar-refractivity contribution in [2.45, 2.75) is 304 Å². The maximum Gasteiger partial charge on any atom is 0.306 e. The van der Waals surface area contributed by atoms with Gasteiger partial charge in [0.05, 0.1) is 0 Å².